The van der Waals surface area contributed by atoms with Gasteiger partial charge in [-0.3, -0.25) is 0 Å². The summed E-state index contributed by atoms with van der Waals surface area (Å²) in [6.07, 6.45) is 3.78. The van der Waals surface area contributed by atoms with Crippen LogP contribution in [0.2, 0.25) is 0 Å². The lowest BCUT2D eigenvalue weighted by molar-refractivity contribution is 0.121. The summed E-state index contributed by atoms with van der Waals surface area (Å²) in [5.74, 6) is 2.55. The maximum atomic E-state index is 5.63. The fourth-order valence-corrected chi connectivity index (χ4v) is 2.33. The Morgan fingerprint density at radius 2 is 2.15 bits per heavy atom. The highest BCUT2D eigenvalue weighted by Crippen LogP contribution is 2.34. The summed E-state index contributed by atoms with van der Waals surface area (Å²) in [7, 11) is 0. The second-order valence-corrected chi connectivity index (χ2v) is 5.66. The fraction of sp³-hybridized carbons (Fsp3) is 0.625. The first kappa shape index (κ1) is 13.7. The number of hydrogen-bond acceptors (Lipinski definition) is 4. The van der Waals surface area contributed by atoms with Crippen molar-refractivity contribution in [3.63, 3.8) is 0 Å². The van der Waals surface area contributed by atoms with Crippen LogP contribution in [0.4, 0.5) is 0 Å². The number of benzene rings is 1. The highest BCUT2D eigenvalue weighted by Gasteiger charge is 2.20. The predicted octanol–water partition coefficient (Wildman–Crippen LogP) is 2.88. The van der Waals surface area contributed by atoms with Crippen LogP contribution in [0.25, 0.3) is 0 Å². The maximum absolute atomic E-state index is 5.63. The van der Waals surface area contributed by atoms with Crippen LogP contribution in [0.15, 0.2) is 18.2 Å². The molecule has 1 aromatic rings. The Morgan fingerprint density at radius 1 is 1.30 bits per heavy atom. The van der Waals surface area contributed by atoms with E-state index < -0.39 is 0 Å². The Bertz CT molecular complexity index is 445. The van der Waals surface area contributed by atoms with Crippen molar-refractivity contribution in [1.82, 2.24) is 5.32 Å². The Morgan fingerprint density at radius 3 is 3.00 bits per heavy atom. The van der Waals surface area contributed by atoms with Crippen molar-refractivity contribution in [3.05, 3.63) is 23.8 Å². The number of nitrogens with one attached hydrogen (secondary N) is 1. The molecule has 1 saturated carbocycles. The molecule has 0 saturated heterocycles. The van der Waals surface area contributed by atoms with Gasteiger partial charge in [0.25, 0.3) is 0 Å². The zero-order valence-electron chi connectivity index (χ0n) is 12.1. The van der Waals surface area contributed by atoms with E-state index in [2.05, 4.69) is 24.4 Å². The molecule has 1 atom stereocenters. The Balaban J connectivity index is 1.36. The van der Waals surface area contributed by atoms with E-state index >= 15 is 0 Å². The Kier molecular flexibility index (Phi) is 4.43. The van der Waals surface area contributed by atoms with Crippen molar-refractivity contribution in [3.8, 4) is 11.5 Å². The van der Waals surface area contributed by atoms with Gasteiger partial charge in [-0.15, -0.1) is 0 Å². The van der Waals surface area contributed by atoms with Crippen LogP contribution >= 0.6 is 0 Å². The predicted molar refractivity (Wildman–Crippen MR) is 77.1 cm³/mol. The van der Waals surface area contributed by atoms with Crippen LogP contribution in [-0.2, 0) is 4.74 Å². The second kappa shape index (κ2) is 6.46. The summed E-state index contributed by atoms with van der Waals surface area (Å²) >= 11 is 0. The normalized spacial score (nSPS) is 18.2. The zero-order valence-corrected chi connectivity index (χ0v) is 12.1. The summed E-state index contributed by atoms with van der Waals surface area (Å²) in [5.41, 5.74) is 1.23. The fourth-order valence-electron chi connectivity index (χ4n) is 2.33. The first-order chi connectivity index (χ1) is 9.83. The molecule has 1 N–H and O–H groups in total. The van der Waals surface area contributed by atoms with Crippen molar-refractivity contribution in [2.24, 2.45) is 5.92 Å². The van der Waals surface area contributed by atoms with E-state index in [1.165, 1.54) is 18.4 Å². The molecular weight excluding hydrogens is 254 g/mol. The van der Waals surface area contributed by atoms with Crippen LogP contribution < -0.4 is 14.8 Å². The number of fused-ring (bicyclic) bond motifs is 1. The van der Waals surface area contributed by atoms with Crippen LogP contribution in [0.5, 0.6) is 11.5 Å². The van der Waals surface area contributed by atoms with Crippen molar-refractivity contribution in [2.75, 3.05) is 26.6 Å². The van der Waals surface area contributed by atoms with Crippen LogP contribution in [0.1, 0.15) is 37.8 Å². The average Bonchev–Trinajstić information content (AvgIpc) is 3.17. The molecule has 0 aromatic heterocycles. The van der Waals surface area contributed by atoms with Crippen molar-refractivity contribution < 1.29 is 14.2 Å². The lowest BCUT2D eigenvalue weighted by Crippen LogP contribution is -2.21. The standard InChI is InChI=1S/C16H23NO3/c1-12(17-7-2-8-18-10-13-3-4-13)14-5-6-15-16(9-14)20-11-19-15/h5-6,9,12-13,17H,2-4,7-8,10-11H2,1H3. The summed E-state index contributed by atoms with van der Waals surface area (Å²) in [5, 5.41) is 3.52. The van der Waals surface area contributed by atoms with Gasteiger partial charge in [0.1, 0.15) is 0 Å². The van der Waals surface area contributed by atoms with E-state index in [9.17, 15) is 0 Å². The third-order valence-electron chi connectivity index (χ3n) is 3.86. The van der Waals surface area contributed by atoms with E-state index in [4.69, 9.17) is 14.2 Å². The molecule has 4 heteroatoms. The van der Waals surface area contributed by atoms with Gasteiger partial charge in [0.15, 0.2) is 11.5 Å². The van der Waals surface area contributed by atoms with Gasteiger partial charge in [0, 0.05) is 19.3 Å². The van der Waals surface area contributed by atoms with Gasteiger partial charge in [-0.2, -0.15) is 0 Å². The summed E-state index contributed by atoms with van der Waals surface area (Å²) in [6.45, 7) is 5.29. The van der Waals surface area contributed by atoms with Crippen molar-refractivity contribution in [1.29, 1.82) is 0 Å². The highest BCUT2D eigenvalue weighted by molar-refractivity contribution is 5.45. The average molecular weight is 277 g/mol. The topological polar surface area (TPSA) is 39.7 Å². The number of hydrogen-bond donors (Lipinski definition) is 1. The third-order valence-corrected chi connectivity index (χ3v) is 3.86. The molecule has 1 aliphatic carbocycles. The first-order valence-corrected chi connectivity index (χ1v) is 7.53. The number of rotatable bonds is 8. The molecule has 2 aliphatic rings. The van der Waals surface area contributed by atoms with E-state index in [0.29, 0.717) is 12.8 Å². The highest BCUT2D eigenvalue weighted by atomic mass is 16.7. The monoisotopic (exact) mass is 277 g/mol. The van der Waals surface area contributed by atoms with Gasteiger partial charge in [-0.05, 0) is 56.3 Å². The molecule has 1 aliphatic heterocycles. The molecule has 1 heterocycles. The lowest BCUT2D eigenvalue weighted by Gasteiger charge is -2.14. The molecule has 110 valence electrons. The lowest BCUT2D eigenvalue weighted by atomic mass is 10.1. The van der Waals surface area contributed by atoms with Gasteiger partial charge < -0.3 is 19.5 Å². The summed E-state index contributed by atoms with van der Waals surface area (Å²) < 4.78 is 16.4. The SMILES string of the molecule is CC(NCCCOCC1CC1)c1ccc2c(c1)OCO2. The molecule has 0 amide bonds. The van der Waals surface area contributed by atoms with Crippen molar-refractivity contribution >= 4 is 0 Å². The van der Waals surface area contributed by atoms with Crippen LogP contribution in [-0.4, -0.2) is 26.6 Å². The minimum absolute atomic E-state index is 0.313. The second-order valence-electron chi connectivity index (χ2n) is 5.66. The maximum Gasteiger partial charge on any atom is 0.231 e. The third kappa shape index (κ3) is 3.64. The quantitative estimate of drug-likeness (QED) is 0.742. The Hall–Kier alpha value is -1.26. The molecule has 20 heavy (non-hydrogen) atoms. The minimum atomic E-state index is 0.313. The molecule has 1 aromatic carbocycles. The molecular formula is C16H23NO3. The van der Waals surface area contributed by atoms with Gasteiger partial charge in [0.05, 0.1) is 0 Å². The molecule has 1 unspecified atom stereocenters. The summed E-state index contributed by atoms with van der Waals surface area (Å²) in [6, 6.07) is 6.44. The minimum Gasteiger partial charge on any atom is -0.454 e. The van der Waals surface area contributed by atoms with Crippen LogP contribution in [0, 0.1) is 5.92 Å². The largest absolute Gasteiger partial charge is 0.454 e. The molecule has 4 nitrogen and oxygen atoms in total. The zero-order chi connectivity index (χ0) is 13.8. The van der Waals surface area contributed by atoms with Gasteiger partial charge in [-0.25, -0.2) is 0 Å². The van der Waals surface area contributed by atoms with Gasteiger partial charge in [0.2, 0.25) is 6.79 Å². The van der Waals surface area contributed by atoms with E-state index in [1.54, 1.807) is 0 Å². The van der Waals surface area contributed by atoms with E-state index in [0.717, 1.165) is 43.6 Å². The summed E-state index contributed by atoms with van der Waals surface area (Å²) in [4.78, 5) is 0. The molecule has 1 fully saturated rings. The molecule has 3 rings (SSSR count). The van der Waals surface area contributed by atoms with Crippen molar-refractivity contribution in [2.45, 2.75) is 32.2 Å². The molecule has 0 bridgehead atoms. The first-order valence-electron chi connectivity index (χ1n) is 7.53. The van der Waals surface area contributed by atoms with Gasteiger partial charge >= 0.3 is 0 Å². The van der Waals surface area contributed by atoms with E-state index in [1.807, 2.05) is 6.07 Å². The van der Waals surface area contributed by atoms with Crippen LogP contribution in [0.3, 0.4) is 0 Å². The van der Waals surface area contributed by atoms with E-state index in [-0.39, 0.29) is 0 Å². The van der Waals surface area contributed by atoms with Gasteiger partial charge in [-0.1, -0.05) is 6.07 Å². The molecule has 0 spiro atoms. The number of ether oxygens (including phenoxy) is 3. The molecule has 0 radical (unpaired) electrons. The Labute approximate surface area is 120 Å². The smallest absolute Gasteiger partial charge is 0.231 e.